The first kappa shape index (κ1) is 17.4. The molecule has 3 aromatic rings. The molecular weight excluding hydrogens is 352 g/mol. The van der Waals surface area contributed by atoms with Crippen LogP contribution in [0.15, 0.2) is 48.8 Å². The maximum atomic E-state index is 10.9. The number of aliphatic hydroxyl groups excluding tert-OH is 1. The fourth-order valence-corrected chi connectivity index (χ4v) is 3.72. The molecule has 1 aromatic carbocycles. The number of aryl methyl sites for hydroxylation is 1. The molecule has 6 nitrogen and oxygen atoms in total. The Bertz CT molecular complexity index is 978. The van der Waals surface area contributed by atoms with E-state index < -0.39 is 6.23 Å². The summed E-state index contributed by atoms with van der Waals surface area (Å²) in [5, 5.41) is 15.3. The van der Waals surface area contributed by atoms with Gasteiger partial charge in [-0.1, -0.05) is 24.3 Å². The van der Waals surface area contributed by atoms with Crippen molar-refractivity contribution in [3.8, 4) is 17.1 Å². The summed E-state index contributed by atoms with van der Waals surface area (Å²) in [6.45, 7) is 2.06. The molecule has 0 spiro atoms. The molecule has 0 amide bonds. The van der Waals surface area contributed by atoms with Crippen molar-refractivity contribution >= 4 is 0 Å². The minimum absolute atomic E-state index is 0.588. The molecule has 0 bridgehead atoms. The molecular formula is C22H24N4O2. The Morgan fingerprint density at radius 3 is 2.68 bits per heavy atom. The summed E-state index contributed by atoms with van der Waals surface area (Å²) in [4.78, 5) is 6.42. The highest BCUT2D eigenvalue weighted by Gasteiger charge is 2.33. The number of rotatable bonds is 6. The SMILES string of the molecule is Cn1ccc(-c2ccc(CN3Cc4ccnc(OCC5CC5)c4C3O)cc2)n1. The predicted octanol–water partition coefficient (Wildman–Crippen LogP) is 3.28. The molecule has 2 aromatic heterocycles. The first-order valence-corrected chi connectivity index (χ1v) is 9.79. The van der Waals surface area contributed by atoms with Crippen LogP contribution in [-0.2, 0) is 20.1 Å². The molecule has 5 rings (SSSR count). The molecule has 1 atom stereocenters. The van der Waals surface area contributed by atoms with Crippen molar-refractivity contribution in [3.63, 3.8) is 0 Å². The Hall–Kier alpha value is -2.70. The summed E-state index contributed by atoms with van der Waals surface area (Å²) in [6, 6.07) is 12.3. The van der Waals surface area contributed by atoms with Crippen molar-refractivity contribution < 1.29 is 9.84 Å². The number of nitrogens with zero attached hydrogens (tertiary/aromatic N) is 4. The lowest BCUT2D eigenvalue weighted by atomic mass is 10.1. The zero-order valence-corrected chi connectivity index (χ0v) is 16.0. The molecule has 28 heavy (non-hydrogen) atoms. The monoisotopic (exact) mass is 376 g/mol. The standard InChI is InChI=1S/C22H24N4O2/c1-25-11-9-19(24-25)17-6-4-15(5-7-17)12-26-13-18-8-10-23-21(20(18)22(26)27)28-14-16-2-3-16/h4-11,16,22,27H,2-3,12-14H2,1H3. The highest BCUT2D eigenvalue weighted by Crippen LogP contribution is 2.39. The van der Waals surface area contributed by atoms with E-state index in [1.807, 2.05) is 30.3 Å². The van der Waals surface area contributed by atoms with E-state index in [1.165, 1.54) is 12.8 Å². The van der Waals surface area contributed by atoms with Gasteiger partial charge in [0.2, 0.25) is 5.88 Å². The van der Waals surface area contributed by atoms with Crippen LogP contribution in [-0.4, -0.2) is 31.4 Å². The van der Waals surface area contributed by atoms with E-state index in [0.29, 0.717) is 31.5 Å². The maximum absolute atomic E-state index is 10.9. The molecule has 3 heterocycles. The fourth-order valence-electron chi connectivity index (χ4n) is 3.72. The second-order valence-corrected chi connectivity index (χ2v) is 7.79. The summed E-state index contributed by atoms with van der Waals surface area (Å²) >= 11 is 0. The van der Waals surface area contributed by atoms with Gasteiger partial charge in [0.1, 0.15) is 6.23 Å². The zero-order valence-electron chi connectivity index (χ0n) is 16.0. The van der Waals surface area contributed by atoms with E-state index in [9.17, 15) is 5.11 Å². The topological polar surface area (TPSA) is 63.4 Å². The number of benzene rings is 1. The first-order chi connectivity index (χ1) is 13.7. The third-order valence-corrected chi connectivity index (χ3v) is 5.52. The van der Waals surface area contributed by atoms with Crippen LogP contribution in [0.4, 0.5) is 0 Å². The second-order valence-electron chi connectivity index (χ2n) is 7.79. The Balaban J connectivity index is 1.30. The molecule has 6 heteroatoms. The Kier molecular flexibility index (Phi) is 4.37. The van der Waals surface area contributed by atoms with Gasteiger partial charge in [-0.3, -0.25) is 9.58 Å². The summed E-state index contributed by atoms with van der Waals surface area (Å²) in [6.07, 6.45) is 5.50. The molecule has 2 aliphatic rings. The normalized spacial score (nSPS) is 19.0. The van der Waals surface area contributed by atoms with Gasteiger partial charge < -0.3 is 9.84 Å². The van der Waals surface area contributed by atoms with Crippen molar-refractivity contribution in [2.75, 3.05) is 6.61 Å². The van der Waals surface area contributed by atoms with Crippen LogP contribution in [0, 0.1) is 5.92 Å². The van der Waals surface area contributed by atoms with Crippen molar-refractivity contribution in [1.82, 2.24) is 19.7 Å². The van der Waals surface area contributed by atoms with Gasteiger partial charge >= 0.3 is 0 Å². The van der Waals surface area contributed by atoms with Crippen molar-refractivity contribution in [2.45, 2.75) is 32.2 Å². The number of fused-ring (bicyclic) bond motifs is 1. The lowest BCUT2D eigenvalue weighted by Gasteiger charge is -2.21. The summed E-state index contributed by atoms with van der Waals surface area (Å²) in [5.74, 6) is 1.25. The van der Waals surface area contributed by atoms with E-state index in [0.717, 1.165) is 27.9 Å². The second kappa shape index (κ2) is 7.04. The summed E-state index contributed by atoms with van der Waals surface area (Å²) < 4.78 is 7.71. The molecule has 144 valence electrons. The van der Waals surface area contributed by atoms with Gasteiger partial charge in [0.15, 0.2) is 0 Å². The predicted molar refractivity (Wildman–Crippen MR) is 105 cm³/mol. The molecule has 1 aliphatic heterocycles. The largest absolute Gasteiger partial charge is 0.477 e. The number of ether oxygens (including phenoxy) is 1. The van der Waals surface area contributed by atoms with Gasteiger partial charge in [-0.05, 0) is 42.0 Å². The Morgan fingerprint density at radius 1 is 1.14 bits per heavy atom. The molecule has 1 unspecified atom stereocenters. The summed E-state index contributed by atoms with van der Waals surface area (Å²) in [7, 11) is 1.92. The zero-order chi connectivity index (χ0) is 19.1. The molecule has 1 saturated carbocycles. The summed E-state index contributed by atoms with van der Waals surface area (Å²) in [5.41, 5.74) is 5.13. The Labute approximate surface area is 164 Å². The quantitative estimate of drug-likeness (QED) is 0.715. The van der Waals surface area contributed by atoms with Gasteiger partial charge in [0.05, 0.1) is 17.9 Å². The third kappa shape index (κ3) is 3.41. The third-order valence-electron chi connectivity index (χ3n) is 5.52. The highest BCUT2D eigenvalue weighted by atomic mass is 16.5. The smallest absolute Gasteiger partial charge is 0.220 e. The minimum Gasteiger partial charge on any atom is -0.477 e. The van der Waals surface area contributed by atoms with Crippen LogP contribution >= 0.6 is 0 Å². The minimum atomic E-state index is -0.687. The van der Waals surface area contributed by atoms with Gasteiger partial charge in [-0.25, -0.2) is 4.98 Å². The highest BCUT2D eigenvalue weighted by molar-refractivity contribution is 5.58. The first-order valence-electron chi connectivity index (χ1n) is 9.79. The average molecular weight is 376 g/mol. The van der Waals surface area contributed by atoms with Crippen LogP contribution in [0.1, 0.15) is 35.8 Å². The number of hydrogen-bond donors (Lipinski definition) is 1. The molecule has 0 saturated heterocycles. The fraction of sp³-hybridized carbons (Fsp3) is 0.364. The molecule has 1 N–H and O–H groups in total. The lowest BCUT2D eigenvalue weighted by Crippen LogP contribution is -2.21. The number of aromatic nitrogens is 3. The molecule has 0 radical (unpaired) electrons. The lowest BCUT2D eigenvalue weighted by molar-refractivity contribution is 0.00574. The average Bonchev–Trinajstić information content (AvgIpc) is 3.36. The van der Waals surface area contributed by atoms with Crippen LogP contribution in [0.25, 0.3) is 11.3 Å². The van der Waals surface area contributed by atoms with Crippen molar-refractivity contribution in [3.05, 3.63) is 65.5 Å². The molecule has 1 aliphatic carbocycles. The van der Waals surface area contributed by atoms with Crippen LogP contribution in [0.3, 0.4) is 0 Å². The van der Waals surface area contributed by atoms with E-state index in [4.69, 9.17) is 4.74 Å². The van der Waals surface area contributed by atoms with Crippen LogP contribution < -0.4 is 4.74 Å². The van der Waals surface area contributed by atoms with Crippen LogP contribution in [0.2, 0.25) is 0 Å². The van der Waals surface area contributed by atoms with Gasteiger partial charge in [0, 0.05) is 38.1 Å². The van der Waals surface area contributed by atoms with Crippen molar-refractivity contribution in [1.29, 1.82) is 0 Å². The van der Waals surface area contributed by atoms with E-state index >= 15 is 0 Å². The maximum Gasteiger partial charge on any atom is 0.220 e. The van der Waals surface area contributed by atoms with Crippen LogP contribution in [0.5, 0.6) is 5.88 Å². The number of hydrogen-bond acceptors (Lipinski definition) is 5. The molecule has 1 fully saturated rings. The van der Waals surface area contributed by atoms with E-state index in [1.54, 1.807) is 10.9 Å². The van der Waals surface area contributed by atoms with Gasteiger partial charge in [-0.15, -0.1) is 0 Å². The Morgan fingerprint density at radius 2 is 1.96 bits per heavy atom. The van der Waals surface area contributed by atoms with E-state index in [2.05, 4.69) is 34.3 Å². The van der Waals surface area contributed by atoms with Gasteiger partial charge in [0.25, 0.3) is 0 Å². The van der Waals surface area contributed by atoms with Gasteiger partial charge in [-0.2, -0.15) is 5.10 Å². The van der Waals surface area contributed by atoms with Crippen molar-refractivity contribution in [2.24, 2.45) is 13.0 Å². The number of aliphatic hydroxyl groups is 1. The number of pyridine rings is 1. The van der Waals surface area contributed by atoms with E-state index in [-0.39, 0.29) is 0 Å².